The quantitative estimate of drug-likeness (QED) is 0.706. The molecular weight excluding hydrogens is 380 g/mol. The topological polar surface area (TPSA) is 93.7 Å². The average molecular weight is 404 g/mol. The zero-order valence-corrected chi connectivity index (χ0v) is 16.5. The largest absolute Gasteiger partial charge is 0.494 e. The minimum Gasteiger partial charge on any atom is -0.494 e. The van der Waals surface area contributed by atoms with Gasteiger partial charge in [-0.05, 0) is 56.2 Å². The summed E-state index contributed by atoms with van der Waals surface area (Å²) in [4.78, 5) is 12.5. The third-order valence-electron chi connectivity index (χ3n) is 4.35. The number of rotatable bonds is 8. The SMILES string of the molecule is CCOc1cccc(NC(=O)c2ccc(S(=O)(=O)NC[C@H]3CCCO3)cc2)c1. The standard InChI is InChI=1S/C20H24N2O5S/c1-2-26-17-6-3-5-16(13-17)22-20(23)15-8-10-19(11-9-15)28(24,25)21-14-18-7-4-12-27-18/h3,5-6,8-11,13,18,21H,2,4,7,12,14H2,1H3,(H,22,23)/t18-/m1/s1. The Morgan fingerprint density at radius 3 is 2.68 bits per heavy atom. The van der Waals surface area contributed by atoms with Crippen molar-refractivity contribution in [3.05, 3.63) is 54.1 Å². The number of sulfonamides is 1. The van der Waals surface area contributed by atoms with Crippen molar-refractivity contribution in [1.29, 1.82) is 0 Å². The molecule has 1 atom stereocenters. The maximum Gasteiger partial charge on any atom is 0.255 e. The second-order valence-corrected chi connectivity index (χ2v) is 8.19. The third-order valence-corrected chi connectivity index (χ3v) is 5.79. The average Bonchev–Trinajstić information content (AvgIpc) is 3.21. The van der Waals surface area contributed by atoms with Gasteiger partial charge in [0.25, 0.3) is 5.91 Å². The van der Waals surface area contributed by atoms with Gasteiger partial charge in [0.2, 0.25) is 10.0 Å². The van der Waals surface area contributed by atoms with E-state index in [9.17, 15) is 13.2 Å². The Kier molecular flexibility index (Phi) is 6.66. The van der Waals surface area contributed by atoms with Crippen molar-refractivity contribution >= 4 is 21.6 Å². The van der Waals surface area contributed by atoms with Gasteiger partial charge in [-0.3, -0.25) is 4.79 Å². The summed E-state index contributed by atoms with van der Waals surface area (Å²) in [5.74, 6) is 0.337. The fraction of sp³-hybridized carbons (Fsp3) is 0.350. The van der Waals surface area contributed by atoms with Gasteiger partial charge in [0.05, 0.1) is 17.6 Å². The molecule has 1 amide bonds. The number of benzene rings is 2. The Balaban J connectivity index is 1.62. The van der Waals surface area contributed by atoms with Gasteiger partial charge in [-0.1, -0.05) is 6.07 Å². The molecule has 0 saturated carbocycles. The van der Waals surface area contributed by atoms with Crippen LogP contribution in [-0.2, 0) is 14.8 Å². The molecule has 28 heavy (non-hydrogen) atoms. The van der Waals surface area contributed by atoms with Crippen LogP contribution in [0.1, 0.15) is 30.1 Å². The van der Waals surface area contributed by atoms with Crippen LogP contribution in [0, 0.1) is 0 Å². The molecule has 1 aliphatic rings. The van der Waals surface area contributed by atoms with Crippen molar-refractivity contribution in [2.75, 3.05) is 25.1 Å². The van der Waals surface area contributed by atoms with Crippen molar-refractivity contribution in [1.82, 2.24) is 4.72 Å². The highest BCUT2D eigenvalue weighted by atomic mass is 32.2. The number of hydrogen-bond acceptors (Lipinski definition) is 5. The summed E-state index contributed by atoms with van der Waals surface area (Å²) in [7, 11) is -3.64. The van der Waals surface area contributed by atoms with Crippen LogP contribution in [0.4, 0.5) is 5.69 Å². The number of ether oxygens (including phenoxy) is 2. The van der Waals surface area contributed by atoms with Gasteiger partial charge in [0.1, 0.15) is 5.75 Å². The predicted molar refractivity (Wildman–Crippen MR) is 106 cm³/mol. The summed E-state index contributed by atoms with van der Waals surface area (Å²) in [6, 6.07) is 12.9. The number of anilines is 1. The zero-order valence-electron chi connectivity index (χ0n) is 15.7. The van der Waals surface area contributed by atoms with Crippen molar-refractivity contribution in [3.8, 4) is 5.75 Å². The zero-order chi connectivity index (χ0) is 20.0. The maximum atomic E-state index is 12.4. The molecule has 150 valence electrons. The van der Waals surface area contributed by atoms with E-state index in [1.54, 1.807) is 18.2 Å². The second-order valence-electron chi connectivity index (χ2n) is 6.43. The molecule has 0 aliphatic carbocycles. The van der Waals surface area contributed by atoms with E-state index >= 15 is 0 Å². The molecule has 1 saturated heterocycles. The molecule has 0 bridgehead atoms. The molecule has 2 aromatic rings. The second kappa shape index (κ2) is 9.18. The Bertz CT molecular complexity index is 906. The van der Waals surface area contributed by atoms with E-state index in [1.807, 2.05) is 13.0 Å². The van der Waals surface area contributed by atoms with E-state index in [2.05, 4.69) is 10.0 Å². The molecule has 1 fully saturated rings. The van der Waals surface area contributed by atoms with Crippen molar-refractivity contribution in [2.24, 2.45) is 0 Å². The lowest BCUT2D eigenvalue weighted by molar-refractivity contribution is 0.102. The summed E-state index contributed by atoms with van der Waals surface area (Å²) < 4.78 is 38.2. The molecule has 0 unspecified atom stereocenters. The van der Waals surface area contributed by atoms with Gasteiger partial charge in [0, 0.05) is 30.5 Å². The van der Waals surface area contributed by atoms with E-state index in [0.717, 1.165) is 12.8 Å². The minimum absolute atomic E-state index is 0.0766. The van der Waals surface area contributed by atoms with Crippen LogP contribution in [0.2, 0.25) is 0 Å². The van der Waals surface area contributed by atoms with Gasteiger partial charge in [-0.25, -0.2) is 13.1 Å². The fourth-order valence-corrected chi connectivity index (χ4v) is 3.98. The number of nitrogens with one attached hydrogen (secondary N) is 2. The lowest BCUT2D eigenvalue weighted by Gasteiger charge is -2.12. The predicted octanol–water partition coefficient (Wildman–Crippen LogP) is 2.79. The summed E-state index contributed by atoms with van der Waals surface area (Å²) in [6.07, 6.45) is 1.72. The fourth-order valence-electron chi connectivity index (χ4n) is 2.91. The van der Waals surface area contributed by atoms with E-state index in [-0.39, 0.29) is 23.5 Å². The smallest absolute Gasteiger partial charge is 0.255 e. The molecule has 2 aromatic carbocycles. The molecule has 7 nitrogen and oxygen atoms in total. The number of carbonyl (C=O) groups excluding carboxylic acids is 1. The number of carbonyl (C=O) groups is 1. The van der Waals surface area contributed by atoms with Gasteiger partial charge in [-0.2, -0.15) is 0 Å². The Hall–Kier alpha value is -2.42. The molecule has 2 N–H and O–H groups in total. The van der Waals surface area contributed by atoms with Gasteiger partial charge in [0.15, 0.2) is 0 Å². The normalized spacial score (nSPS) is 16.7. The van der Waals surface area contributed by atoms with Gasteiger partial charge in [-0.15, -0.1) is 0 Å². The number of amides is 1. The van der Waals surface area contributed by atoms with E-state index in [4.69, 9.17) is 9.47 Å². The van der Waals surface area contributed by atoms with Crippen LogP contribution in [-0.4, -0.2) is 40.2 Å². The highest BCUT2D eigenvalue weighted by Gasteiger charge is 2.20. The van der Waals surface area contributed by atoms with E-state index < -0.39 is 10.0 Å². The van der Waals surface area contributed by atoms with Crippen LogP contribution in [0.15, 0.2) is 53.4 Å². The summed E-state index contributed by atoms with van der Waals surface area (Å²) in [5, 5.41) is 2.78. The first-order chi connectivity index (χ1) is 13.5. The summed E-state index contributed by atoms with van der Waals surface area (Å²) in [6.45, 7) is 3.34. The van der Waals surface area contributed by atoms with E-state index in [0.29, 0.717) is 30.2 Å². The third kappa shape index (κ3) is 5.31. The number of hydrogen-bond donors (Lipinski definition) is 2. The van der Waals surface area contributed by atoms with Crippen LogP contribution >= 0.6 is 0 Å². The van der Waals surface area contributed by atoms with Gasteiger partial charge >= 0.3 is 0 Å². The Morgan fingerprint density at radius 2 is 2.00 bits per heavy atom. The highest BCUT2D eigenvalue weighted by molar-refractivity contribution is 7.89. The van der Waals surface area contributed by atoms with Crippen molar-refractivity contribution in [3.63, 3.8) is 0 Å². The Morgan fingerprint density at radius 1 is 1.21 bits per heavy atom. The van der Waals surface area contributed by atoms with Gasteiger partial charge < -0.3 is 14.8 Å². The molecule has 0 radical (unpaired) electrons. The van der Waals surface area contributed by atoms with Crippen LogP contribution in [0.3, 0.4) is 0 Å². The van der Waals surface area contributed by atoms with Crippen molar-refractivity contribution in [2.45, 2.75) is 30.8 Å². The first-order valence-electron chi connectivity index (χ1n) is 9.23. The molecule has 1 heterocycles. The first-order valence-corrected chi connectivity index (χ1v) is 10.7. The maximum absolute atomic E-state index is 12.4. The monoisotopic (exact) mass is 404 g/mol. The molecule has 1 aliphatic heterocycles. The minimum atomic E-state index is -3.64. The van der Waals surface area contributed by atoms with Crippen molar-refractivity contribution < 1.29 is 22.7 Å². The highest BCUT2D eigenvalue weighted by Crippen LogP contribution is 2.19. The lowest BCUT2D eigenvalue weighted by Crippen LogP contribution is -2.31. The Labute approximate surface area is 165 Å². The van der Waals surface area contributed by atoms with Crippen LogP contribution < -0.4 is 14.8 Å². The summed E-state index contributed by atoms with van der Waals surface area (Å²) >= 11 is 0. The molecular formula is C20H24N2O5S. The molecule has 0 spiro atoms. The molecule has 8 heteroatoms. The van der Waals surface area contributed by atoms with Crippen LogP contribution in [0.5, 0.6) is 5.75 Å². The first kappa shape index (κ1) is 20.3. The molecule has 3 rings (SSSR count). The summed E-state index contributed by atoms with van der Waals surface area (Å²) in [5.41, 5.74) is 0.964. The van der Waals surface area contributed by atoms with E-state index in [1.165, 1.54) is 24.3 Å². The van der Waals surface area contributed by atoms with Crippen LogP contribution in [0.25, 0.3) is 0 Å². The molecule has 0 aromatic heterocycles. The lowest BCUT2D eigenvalue weighted by atomic mass is 10.2.